The van der Waals surface area contributed by atoms with Crippen LogP contribution in [-0.4, -0.2) is 9.78 Å². The van der Waals surface area contributed by atoms with E-state index in [9.17, 15) is 0 Å². The molecule has 106 valence electrons. The third-order valence-electron chi connectivity index (χ3n) is 3.95. The van der Waals surface area contributed by atoms with Gasteiger partial charge in [-0.25, -0.2) is 0 Å². The maximum absolute atomic E-state index is 5.95. The van der Waals surface area contributed by atoms with Gasteiger partial charge in [-0.2, -0.15) is 5.10 Å². The molecular formula is C16H19BrN2O. The molecule has 0 aliphatic heterocycles. The second-order valence-electron chi connectivity index (χ2n) is 5.26. The van der Waals surface area contributed by atoms with E-state index in [0.29, 0.717) is 6.61 Å². The van der Waals surface area contributed by atoms with Gasteiger partial charge in [0.05, 0.1) is 15.9 Å². The molecule has 2 aromatic rings. The van der Waals surface area contributed by atoms with Gasteiger partial charge < -0.3 is 4.74 Å². The summed E-state index contributed by atoms with van der Waals surface area (Å²) in [5.74, 6) is 0.955. The van der Waals surface area contributed by atoms with Crippen molar-refractivity contribution in [3.63, 3.8) is 0 Å². The lowest BCUT2D eigenvalue weighted by molar-refractivity contribution is 0.294. The van der Waals surface area contributed by atoms with Crippen LogP contribution >= 0.6 is 15.9 Å². The first-order valence-corrected chi connectivity index (χ1v) is 7.93. The first kappa shape index (κ1) is 13.7. The van der Waals surface area contributed by atoms with Gasteiger partial charge in [-0.3, -0.25) is 4.68 Å². The Labute approximate surface area is 128 Å². The number of aromatic nitrogens is 2. The zero-order valence-electron chi connectivity index (χ0n) is 11.9. The smallest absolute Gasteiger partial charge is 0.131 e. The summed E-state index contributed by atoms with van der Waals surface area (Å²) in [4.78, 5) is 0. The first-order chi connectivity index (χ1) is 9.69. The van der Waals surface area contributed by atoms with Gasteiger partial charge >= 0.3 is 0 Å². The number of fused-ring (bicyclic) bond motifs is 1. The number of aryl methyl sites for hydroxylation is 4. The fourth-order valence-electron chi connectivity index (χ4n) is 2.77. The molecule has 0 N–H and O–H groups in total. The van der Waals surface area contributed by atoms with E-state index < -0.39 is 0 Å². The van der Waals surface area contributed by atoms with E-state index in [0.717, 1.165) is 28.0 Å². The first-order valence-electron chi connectivity index (χ1n) is 7.14. The molecule has 0 saturated carbocycles. The molecule has 0 saturated heterocycles. The largest absolute Gasteiger partial charge is 0.487 e. The third-order valence-corrected chi connectivity index (χ3v) is 4.86. The zero-order chi connectivity index (χ0) is 14.1. The van der Waals surface area contributed by atoms with Crippen molar-refractivity contribution in [1.29, 1.82) is 0 Å². The molecule has 20 heavy (non-hydrogen) atoms. The summed E-state index contributed by atoms with van der Waals surface area (Å²) in [7, 11) is 1.96. The SMILES string of the molecule is CCc1nn(C)c(COc2ccc3c(c2)CCC3)c1Br. The zero-order valence-corrected chi connectivity index (χ0v) is 13.5. The van der Waals surface area contributed by atoms with Gasteiger partial charge in [0.2, 0.25) is 0 Å². The number of halogens is 1. The fourth-order valence-corrected chi connectivity index (χ4v) is 3.50. The molecule has 3 nitrogen and oxygen atoms in total. The monoisotopic (exact) mass is 334 g/mol. The summed E-state index contributed by atoms with van der Waals surface area (Å²) in [5, 5.41) is 4.49. The van der Waals surface area contributed by atoms with Gasteiger partial charge in [0.25, 0.3) is 0 Å². The van der Waals surface area contributed by atoms with Crippen molar-refractivity contribution >= 4 is 15.9 Å². The van der Waals surface area contributed by atoms with E-state index >= 15 is 0 Å². The molecule has 3 rings (SSSR count). The minimum absolute atomic E-state index is 0.545. The van der Waals surface area contributed by atoms with E-state index in [1.807, 2.05) is 11.7 Å². The van der Waals surface area contributed by atoms with Crippen LogP contribution in [0.5, 0.6) is 5.75 Å². The normalized spacial score (nSPS) is 13.6. The summed E-state index contributed by atoms with van der Waals surface area (Å²) in [6.45, 7) is 2.65. The fraction of sp³-hybridized carbons (Fsp3) is 0.438. The van der Waals surface area contributed by atoms with Crippen LogP contribution in [0.25, 0.3) is 0 Å². The van der Waals surface area contributed by atoms with E-state index in [4.69, 9.17) is 4.74 Å². The van der Waals surface area contributed by atoms with Crippen molar-refractivity contribution in [3.8, 4) is 5.75 Å². The number of ether oxygens (including phenoxy) is 1. The molecule has 0 amide bonds. The Bertz CT molecular complexity index is 634. The van der Waals surface area contributed by atoms with Crippen molar-refractivity contribution < 1.29 is 4.74 Å². The Kier molecular flexibility index (Phi) is 3.83. The highest BCUT2D eigenvalue weighted by atomic mass is 79.9. The molecule has 0 atom stereocenters. The summed E-state index contributed by atoms with van der Waals surface area (Å²) in [6, 6.07) is 6.47. The Morgan fingerprint density at radius 2 is 2.10 bits per heavy atom. The van der Waals surface area contributed by atoms with E-state index in [-0.39, 0.29) is 0 Å². The van der Waals surface area contributed by atoms with Gasteiger partial charge in [-0.15, -0.1) is 0 Å². The van der Waals surface area contributed by atoms with Crippen LogP contribution in [0.3, 0.4) is 0 Å². The molecule has 1 aromatic carbocycles. The summed E-state index contributed by atoms with van der Waals surface area (Å²) < 4.78 is 8.92. The molecule has 0 unspecified atom stereocenters. The molecule has 0 radical (unpaired) electrons. The predicted molar refractivity (Wildman–Crippen MR) is 83.1 cm³/mol. The quantitative estimate of drug-likeness (QED) is 0.849. The summed E-state index contributed by atoms with van der Waals surface area (Å²) >= 11 is 3.62. The Morgan fingerprint density at radius 1 is 1.30 bits per heavy atom. The number of hydrogen-bond acceptors (Lipinski definition) is 2. The van der Waals surface area contributed by atoms with Gasteiger partial charge in [-0.1, -0.05) is 13.0 Å². The molecule has 0 fully saturated rings. The number of rotatable bonds is 4. The molecule has 1 heterocycles. The van der Waals surface area contributed by atoms with Crippen molar-refractivity contribution in [2.45, 2.75) is 39.2 Å². The molecule has 4 heteroatoms. The Morgan fingerprint density at radius 3 is 2.85 bits per heavy atom. The van der Waals surface area contributed by atoms with Gasteiger partial charge in [0.15, 0.2) is 0 Å². The topological polar surface area (TPSA) is 27.1 Å². The van der Waals surface area contributed by atoms with Crippen molar-refractivity contribution in [2.24, 2.45) is 7.05 Å². The molecule has 0 spiro atoms. The van der Waals surface area contributed by atoms with Gasteiger partial charge in [0.1, 0.15) is 12.4 Å². The number of hydrogen-bond donors (Lipinski definition) is 0. The lowest BCUT2D eigenvalue weighted by Gasteiger charge is -2.09. The summed E-state index contributed by atoms with van der Waals surface area (Å²) in [6.07, 6.45) is 4.59. The molecule has 1 aliphatic carbocycles. The second-order valence-corrected chi connectivity index (χ2v) is 6.05. The highest BCUT2D eigenvalue weighted by molar-refractivity contribution is 9.10. The van der Waals surface area contributed by atoms with Crippen molar-refractivity contribution in [2.75, 3.05) is 0 Å². The maximum Gasteiger partial charge on any atom is 0.131 e. The second kappa shape index (κ2) is 5.60. The molecular weight excluding hydrogens is 316 g/mol. The lowest BCUT2D eigenvalue weighted by atomic mass is 10.1. The Balaban J connectivity index is 1.75. The number of nitrogens with zero attached hydrogens (tertiary/aromatic N) is 2. The minimum Gasteiger partial charge on any atom is -0.487 e. The van der Waals surface area contributed by atoms with Crippen LogP contribution < -0.4 is 4.74 Å². The lowest BCUT2D eigenvalue weighted by Crippen LogP contribution is -2.04. The van der Waals surface area contributed by atoms with Crippen LogP contribution in [0.15, 0.2) is 22.7 Å². The average Bonchev–Trinajstić information content (AvgIpc) is 3.01. The molecule has 0 bridgehead atoms. The third kappa shape index (κ3) is 2.49. The standard InChI is InChI=1S/C16H19BrN2O/c1-3-14-16(17)15(19(2)18-14)10-20-13-8-7-11-5-4-6-12(11)9-13/h7-9H,3-6,10H2,1-2H3. The molecule has 1 aliphatic rings. The van der Waals surface area contributed by atoms with Crippen LogP contribution in [0.1, 0.15) is 35.9 Å². The average molecular weight is 335 g/mol. The minimum atomic E-state index is 0.545. The van der Waals surface area contributed by atoms with Gasteiger partial charge in [0, 0.05) is 7.05 Å². The van der Waals surface area contributed by atoms with Crippen LogP contribution in [0.4, 0.5) is 0 Å². The van der Waals surface area contributed by atoms with Crippen molar-refractivity contribution in [3.05, 3.63) is 45.2 Å². The highest BCUT2D eigenvalue weighted by Crippen LogP contribution is 2.27. The van der Waals surface area contributed by atoms with Crippen LogP contribution in [0.2, 0.25) is 0 Å². The highest BCUT2D eigenvalue weighted by Gasteiger charge is 2.14. The molecule has 1 aromatic heterocycles. The van der Waals surface area contributed by atoms with Gasteiger partial charge in [-0.05, 0) is 64.9 Å². The van der Waals surface area contributed by atoms with E-state index in [1.54, 1.807) is 0 Å². The summed E-state index contributed by atoms with van der Waals surface area (Å²) in [5.41, 5.74) is 5.09. The Hall–Kier alpha value is -1.29. The number of benzene rings is 1. The maximum atomic E-state index is 5.95. The van der Waals surface area contributed by atoms with Crippen molar-refractivity contribution in [1.82, 2.24) is 9.78 Å². The van der Waals surface area contributed by atoms with Crippen LogP contribution in [0, 0.1) is 0 Å². The predicted octanol–water partition coefficient (Wildman–Crippen LogP) is 3.81. The van der Waals surface area contributed by atoms with Crippen LogP contribution in [-0.2, 0) is 32.9 Å². The van der Waals surface area contributed by atoms with E-state index in [2.05, 4.69) is 46.2 Å². The van der Waals surface area contributed by atoms with E-state index in [1.165, 1.54) is 30.4 Å².